The first kappa shape index (κ1) is 49.8. The van der Waals surface area contributed by atoms with E-state index in [-0.39, 0.29) is 23.1 Å². The molecule has 0 fully saturated rings. The summed E-state index contributed by atoms with van der Waals surface area (Å²) in [5, 5.41) is 3.24. The average Bonchev–Trinajstić information content (AvgIpc) is 3.29. The molecule has 1 heterocycles. The topological polar surface area (TPSA) is 0 Å². The van der Waals surface area contributed by atoms with E-state index in [0.717, 1.165) is 0 Å². The molecule has 1 aromatic rings. The molecule has 0 aliphatic carbocycles. The summed E-state index contributed by atoms with van der Waals surface area (Å²) in [6.07, 6.45) is 0. The fourth-order valence-electron chi connectivity index (χ4n) is 10.8. The van der Waals surface area contributed by atoms with Gasteiger partial charge in [0.1, 0.15) is 0 Å². The Labute approximate surface area is 334 Å². The predicted octanol–water partition coefficient (Wildman–Crippen LogP) is 15.8. The summed E-state index contributed by atoms with van der Waals surface area (Å²) < 4.78 is 1.89. The molecule has 7 heteroatoms. The first-order chi connectivity index (χ1) is 22.0. The van der Waals surface area contributed by atoms with Crippen LogP contribution in [0.2, 0.25) is 66.5 Å². The van der Waals surface area contributed by atoms with E-state index in [1.165, 1.54) is 0 Å². The van der Waals surface area contributed by atoms with Gasteiger partial charge in [-0.25, -0.2) is 0 Å². The molecule has 2 radical (unpaired) electrons. The molecule has 51 heavy (non-hydrogen) atoms. The first-order valence-electron chi connectivity index (χ1n) is 20.2. The van der Waals surface area contributed by atoms with E-state index in [1.807, 2.05) is 4.41 Å². The molecule has 0 saturated heterocycles. The third kappa shape index (κ3) is 8.72. The maximum Gasteiger partial charge on any atom is 0.0561 e. The minimum absolute atomic E-state index is 0.221. The van der Waals surface area contributed by atoms with Crippen LogP contribution in [0.25, 0.3) is 4.41 Å². The Bertz CT molecular complexity index is 1300. The Hall–Kier alpha value is 0.804. The van der Waals surface area contributed by atoms with Crippen LogP contribution >= 0.6 is 0 Å². The van der Waals surface area contributed by atoms with Gasteiger partial charge < -0.3 is 0 Å². The molecule has 1 aliphatic heterocycles. The third-order valence-corrected chi connectivity index (χ3v) is 144. The van der Waals surface area contributed by atoms with E-state index in [4.69, 9.17) is 0 Å². The summed E-state index contributed by atoms with van der Waals surface area (Å²) in [4.78, 5) is 0. The molecule has 0 nitrogen and oxygen atoms in total. The Kier molecular flexibility index (Phi) is 14.6. The first-order valence-corrected chi connectivity index (χ1v) is 41.5. The van der Waals surface area contributed by atoms with E-state index in [0.29, 0.717) is 40.3 Å². The summed E-state index contributed by atoms with van der Waals surface area (Å²) >= 11 is -0.247. The minimum Gasteiger partial charge on any atom is -0.0703 e. The van der Waals surface area contributed by atoms with Gasteiger partial charge in [-0.1, -0.05) is 48.1 Å². The van der Waals surface area contributed by atoms with E-state index >= 15 is 0 Å². The standard InChI is InChI=1S/C35H69GeSi5.C9H21Si/c1-30(2,3)38(19,31(4,5)6)37-36-29(28-25-23-22-24-26-28)27-41(37,39(20,32(7,8)9)33(10,11)12)40(21,34(13,14)15)35(16,17)18;1-8(2,3)10(7)9(4,5)6/h22-27H,1-21H3;1-7H3. The van der Waals surface area contributed by atoms with E-state index < -0.39 is 35.3 Å². The SMILES string of the molecule is CC(C)(C)[Si](C)([Si]1=[Ge][C](c2ccccc2)=C[Si]1([Si](C)(C(C)(C)C)C(C)(C)C)[Si](C)(C(C)(C)C)C(C)(C)C)C(C)(C)C.C[Si](C(C)(C)C)C(C)(C)C. The third-order valence-electron chi connectivity index (χ3n) is 15.4. The Balaban J connectivity index is 0.00000113. The molecular weight excluding hydrogens is 770 g/mol. The molecule has 0 saturated carbocycles. The smallest absolute Gasteiger partial charge is 0.0561 e. The van der Waals surface area contributed by atoms with Crippen molar-refractivity contribution in [1.29, 1.82) is 0 Å². The number of hydrogen-bond donors (Lipinski definition) is 0. The minimum atomic E-state index is -2.08. The van der Waals surface area contributed by atoms with Crippen molar-refractivity contribution in [3.05, 3.63) is 41.6 Å². The second kappa shape index (κ2) is 15.0. The molecule has 0 N–H and O–H groups in total. The van der Waals surface area contributed by atoms with Crippen LogP contribution in [0, 0.1) is 0 Å². The summed E-state index contributed by atoms with van der Waals surface area (Å²) in [7, 11) is -6.04. The van der Waals surface area contributed by atoms with Gasteiger partial charge in [-0.3, -0.25) is 0 Å². The quantitative estimate of drug-likeness (QED) is 0.265. The van der Waals surface area contributed by atoms with Crippen LogP contribution in [-0.4, -0.2) is 58.4 Å². The summed E-state index contributed by atoms with van der Waals surface area (Å²) in [6.45, 7) is 72.1. The van der Waals surface area contributed by atoms with E-state index in [1.54, 1.807) is 5.56 Å². The second-order valence-electron chi connectivity index (χ2n) is 25.2. The molecule has 294 valence electrons. The Morgan fingerprint density at radius 1 is 0.490 bits per heavy atom. The molecule has 2 rings (SSSR count). The van der Waals surface area contributed by atoms with Crippen molar-refractivity contribution in [1.82, 2.24) is 0 Å². The van der Waals surface area contributed by atoms with Gasteiger partial charge in [-0.15, -0.1) is 0 Å². The van der Waals surface area contributed by atoms with Crippen LogP contribution in [0.4, 0.5) is 0 Å². The summed E-state index contributed by atoms with van der Waals surface area (Å²) in [5.74, 6) is -0.666. The summed E-state index contributed by atoms with van der Waals surface area (Å²) in [6, 6.07) is 11.8. The molecule has 0 spiro atoms. The normalized spacial score (nSPS) is 17.6. The monoisotopic (exact) mass is 860 g/mol. The molecule has 0 amide bonds. The van der Waals surface area contributed by atoms with Gasteiger partial charge in [0, 0.05) is 0 Å². The van der Waals surface area contributed by atoms with Crippen molar-refractivity contribution in [2.45, 2.75) is 233 Å². The maximum atomic E-state index is 3.30. The zero-order valence-corrected chi connectivity index (χ0v) is 48.1. The van der Waals surface area contributed by atoms with Gasteiger partial charge in [-0.2, -0.15) is 0 Å². The molecule has 0 aromatic heterocycles. The predicted molar refractivity (Wildman–Crippen MR) is 256 cm³/mol. The fraction of sp³-hybridized carbons (Fsp3) is 0.818. The van der Waals surface area contributed by atoms with Crippen LogP contribution < -0.4 is 0 Å². The Morgan fingerprint density at radius 3 is 1.00 bits per heavy atom. The fourth-order valence-corrected chi connectivity index (χ4v) is 220. The van der Waals surface area contributed by atoms with Crippen molar-refractivity contribution in [2.75, 3.05) is 0 Å². The largest absolute Gasteiger partial charge is 0.0703 e. The number of rotatable bonds is 4. The number of hydrogen-bond acceptors (Lipinski definition) is 0. The van der Waals surface area contributed by atoms with Crippen molar-refractivity contribution in [2.24, 2.45) is 0 Å². The van der Waals surface area contributed by atoms with E-state index in [2.05, 4.69) is 228 Å². The van der Waals surface area contributed by atoms with Gasteiger partial charge in [0.2, 0.25) is 0 Å². The van der Waals surface area contributed by atoms with Crippen molar-refractivity contribution in [3.8, 4) is 0 Å². The van der Waals surface area contributed by atoms with Crippen molar-refractivity contribution >= 4 is 62.8 Å². The van der Waals surface area contributed by atoms with Gasteiger partial charge in [-0.05, 0) is 10.1 Å². The molecule has 1 aromatic carbocycles. The number of benzene rings is 1. The van der Waals surface area contributed by atoms with Gasteiger partial charge in [0.15, 0.2) is 0 Å². The van der Waals surface area contributed by atoms with Crippen molar-refractivity contribution in [3.63, 3.8) is 0 Å². The van der Waals surface area contributed by atoms with Gasteiger partial charge in [0.05, 0.1) is 8.80 Å². The second-order valence-corrected chi connectivity index (χ2v) is 85.4. The summed E-state index contributed by atoms with van der Waals surface area (Å²) in [5.41, 5.74) is 4.88. The molecule has 1 aliphatic rings. The van der Waals surface area contributed by atoms with Crippen LogP contribution in [0.3, 0.4) is 0 Å². The average molecular weight is 860 g/mol. The zero-order chi connectivity index (χ0) is 41.3. The molecule has 0 atom stereocenters. The molecular formula is C44H90GeSi6. The van der Waals surface area contributed by atoms with E-state index in [9.17, 15) is 0 Å². The molecule has 0 unspecified atom stereocenters. The van der Waals surface area contributed by atoms with Crippen molar-refractivity contribution < 1.29 is 0 Å². The maximum absolute atomic E-state index is 3.30. The Morgan fingerprint density at radius 2 is 0.784 bits per heavy atom. The zero-order valence-electron chi connectivity index (χ0n) is 40.0. The van der Waals surface area contributed by atoms with Crippen LogP contribution in [0.15, 0.2) is 36.0 Å². The van der Waals surface area contributed by atoms with Gasteiger partial charge in [0.25, 0.3) is 0 Å². The van der Waals surface area contributed by atoms with Crippen LogP contribution in [0.1, 0.15) is 172 Å². The molecule has 0 bridgehead atoms. The van der Waals surface area contributed by atoms with Crippen LogP contribution in [0.5, 0.6) is 0 Å². The van der Waals surface area contributed by atoms with Crippen LogP contribution in [-0.2, 0) is 0 Å². The van der Waals surface area contributed by atoms with Gasteiger partial charge >= 0.3 is 270 Å².